The number of hydrogen-bond donors (Lipinski definition) is 0. The maximum atomic E-state index is 12.1. The first kappa shape index (κ1) is 13.4. The number of Topliss-reactive ketones (excluding diaryl/α,β-unsaturated/α-hetero) is 1. The van der Waals surface area contributed by atoms with Gasteiger partial charge in [0.15, 0.2) is 4.33 Å². The molecule has 1 aromatic heterocycles. The van der Waals surface area contributed by atoms with E-state index in [9.17, 15) is 9.59 Å². The normalized spacial score (nSPS) is 21.5. The summed E-state index contributed by atoms with van der Waals surface area (Å²) >= 11 is 12.2. The van der Waals surface area contributed by atoms with Crippen LogP contribution in [0.25, 0.3) is 0 Å². The Hall–Kier alpha value is -1.000. The number of alkyl halides is 2. The minimum atomic E-state index is -1.57. The van der Waals surface area contributed by atoms with Crippen molar-refractivity contribution in [3.8, 4) is 0 Å². The number of hydrogen-bond acceptors (Lipinski definition) is 3. The highest BCUT2D eigenvalue weighted by atomic mass is 35.5. The van der Waals surface area contributed by atoms with Crippen LogP contribution in [0, 0.1) is 5.92 Å². The highest BCUT2D eigenvalue weighted by molar-refractivity contribution is 6.60. The summed E-state index contributed by atoms with van der Waals surface area (Å²) in [6.07, 6.45) is 1.80. The quantitative estimate of drug-likeness (QED) is 0.634. The van der Waals surface area contributed by atoms with E-state index in [2.05, 4.69) is 0 Å². The van der Waals surface area contributed by atoms with Crippen LogP contribution in [0.1, 0.15) is 23.8 Å². The fourth-order valence-electron chi connectivity index (χ4n) is 2.10. The van der Waals surface area contributed by atoms with E-state index in [0.29, 0.717) is 18.8 Å². The first-order chi connectivity index (χ1) is 8.46. The van der Waals surface area contributed by atoms with Crippen molar-refractivity contribution in [1.29, 1.82) is 0 Å². The first-order valence-corrected chi connectivity index (χ1v) is 6.45. The maximum absolute atomic E-state index is 12.1. The number of carbonyl (C=O) groups excluding carboxylic acids is 2. The van der Waals surface area contributed by atoms with E-state index in [1.807, 2.05) is 0 Å². The number of fused-ring (bicyclic) bond motifs is 1. The highest BCUT2D eigenvalue weighted by Gasteiger charge is 2.48. The second-order valence-corrected chi connectivity index (χ2v) is 5.59. The summed E-state index contributed by atoms with van der Waals surface area (Å²) in [5, 5.41) is 0. The molecule has 0 saturated heterocycles. The molecule has 2 heterocycles. The number of nitrogens with zero attached hydrogens (tertiary/aromatic N) is 1. The van der Waals surface area contributed by atoms with Crippen LogP contribution in [0.15, 0.2) is 18.3 Å². The predicted octanol–water partition coefficient (Wildman–Crippen LogP) is 2.43. The topological polar surface area (TPSA) is 48.3 Å². The summed E-state index contributed by atoms with van der Waals surface area (Å²) in [5.74, 6) is -1.24. The van der Waals surface area contributed by atoms with Gasteiger partial charge in [-0.15, -0.1) is 0 Å². The maximum Gasteiger partial charge on any atom is 0.306 e. The molecule has 0 fully saturated rings. The number of rotatable bonds is 3. The van der Waals surface area contributed by atoms with Gasteiger partial charge in [-0.3, -0.25) is 9.59 Å². The van der Waals surface area contributed by atoms with Gasteiger partial charge in [-0.1, -0.05) is 23.2 Å². The average Bonchev–Trinajstić information content (AvgIpc) is 2.74. The van der Waals surface area contributed by atoms with Gasteiger partial charge >= 0.3 is 5.97 Å². The molecule has 0 spiro atoms. The molecule has 1 aromatic rings. The van der Waals surface area contributed by atoms with Crippen LogP contribution in [-0.4, -0.2) is 27.3 Å². The van der Waals surface area contributed by atoms with Gasteiger partial charge in [-0.05, 0) is 19.1 Å². The van der Waals surface area contributed by atoms with Crippen molar-refractivity contribution in [2.45, 2.75) is 24.2 Å². The van der Waals surface area contributed by atoms with Gasteiger partial charge in [0.25, 0.3) is 0 Å². The number of esters is 1. The molecule has 1 unspecified atom stereocenters. The van der Waals surface area contributed by atoms with Crippen LogP contribution in [-0.2, 0) is 16.1 Å². The lowest BCUT2D eigenvalue weighted by Crippen LogP contribution is -2.44. The number of ether oxygens (including phenoxy) is 1. The Morgan fingerprint density at radius 2 is 2.33 bits per heavy atom. The van der Waals surface area contributed by atoms with Crippen LogP contribution in [0.2, 0.25) is 0 Å². The van der Waals surface area contributed by atoms with Gasteiger partial charge in [0, 0.05) is 18.7 Å². The van der Waals surface area contributed by atoms with Gasteiger partial charge in [-0.2, -0.15) is 0 Å². The van der Waals surface area contributed by atoms with Crippen molar-refractivity contribution in [3.05, 3.63) is 24.0 Å². The summed E-state index contributed by atoms with van der Waals surface area (Å²) in [4.78, 5) is 23.6. The summed E-state index contributed by atoms with van der Waals surface area (Å²) in [5.41, 5.74) is 0.472. The standard InChI is InChI=1S/C12H13Cl2NO3/c1-2-18-10(16)6-8-7-15-5-3-4-9(15)11(17)12(8,13)14/h3-5,8H,2,6-7H2,1H3. The smallest absolute Gasteiger partial charge is 0.306 e. The molecule has 0 amide bonds. The lowest BCUT2D eigenvalue weighted by Gasteiger charge is -2.33. The van der Waals surface area contributed by atoms with Gasteiger partial charge < -0.3 is 9.30 Å². The van der Waals surface area contributed by atoms with Crippen LogP contribution in [0.4, 0.5) is 0 Å². The monoisotopic (exact) mass is 289 g/mol. The summed E-state index contributed by atoms with van der Waals surface area (Å²) in [6.45, 7) is 2.45. The summed E-state index contributed by atoms with van der Waals surface area (Å²) in [7, 11) is 0. The number of halogens is 2. The van der Waals surface area contributed by atoms with Crippen molar-refractivity contribution < 1.29 is 14.3 Å². The Morgan fingerprint density at radius 1 is 1.61 bits per heavy atom. The van der Waals surface area contributed by atoms with Crippen molar-refractivity contribution in [3.63, 3.8) is 0 Å². The molecule has 1 aliphatic heterocycles. The fourth-order valence-corrected chi connectivity index (χ4v) is 2.59. The van der Waals surface area contributed by atoms with E-state index >= 15 is 0 Å². The molecule has 0 bridgehead atoms. The zero-order valence-electron chi connectivity index (χ0n) is 9.86. The number of carbonyl (C=O) groups is 2. The van der Waals surface area contributed by atoms with E-state index < -0.39 is 16.2 Å². The van der Waals surface area contributed by atoms with Crippen LogP contribution < -0.4 is 0 Å². The Balaban J connectivity index is 2.22. The molecule has 18 heavy (non-hydrogen) atoms. The Bertz CT molecular complexity index is 481. The lowest BCUT2D eigenvalue weighted by atomic mass is 9.92. The zero-order chi connectivity index (χ0) is 13.3. The molecule has 0 aliphatic carbocycles. The van der Waals surface area contributed by atoms with E-state index in [-0.39, 0.29) is 12.2 Å². The molecule has 1 aliphatic rings. The molecule has 0 saturated carbocycles. The van der Waals surface area contributed by atoms with Gasteiger partial charge in [0.2, 0.25) is 5.78 Å². The lowest BCUT2D eigenvalue weighted by molar-refractivity contribution is -0.144. The van der Waals surface area contributed by atoms with Gasteiger partial charge in [0.1, 0.15) is 0 Å². The fraction of sp³-hybridized carbons (Fsp3) is 0.500. The third kappa shape index (κ3) is 2.27. The summed E-state index contributed by atoms with van der Waals surface area (Å²) < 4.78 is 5.06. The Morgan fingerprint density at radius 3 is 3.00 bits per heavy atom. The number of aromatic nitrogens is 1. The largest absolute Gasteiger partial charge is 0.466 e. The van der Waals surface area contributed by atoms with Crippen molar-refractivity contribution in [2.75, 3.05) is 6.61 Å². The Kier molecular flexibility index (Phi) is 3.69. The molecule has 98 valence electrons. The van der Waals surface area contributed by atoms with Crippen LogP contribution >= 0.6 is 23.2 Å². The van der Waals surface area contributed by atoms with E-state index in [0.717, 1.165) is 0 Å². The molecule has 6 heteroatoms. The third-order valence-corrected chi connectivity index (χ3v) is 3.97. The highest BCUT2D eigenvalue weighted by Crippen LogP contribution is 2.40. The molecule has 2 rings (SSSR count). The predicted molar refractivity (Wildman–Crippen MR) is 67.9 cm³/mol. The van der Waals surface area contributed by atoms with Crippen molar-refractivity contribution >= 4 is 35.0 Å². The van der Waals surface area contributed by atoms with Gasteiger partial charge in [-0.25, -0.2) is 0 Å². The first-order valence-electron chi connectivity index (χ1n) is 5.70. The van der Waals surface area contributed by atoms with Crippen LogP contribution in [0.5, 0.6) is 0 Å². The molecule has 1 atom stereocenters. The third-order valence-electron chi connectivity index (χ3n) is 3.01. The van der Waals surface area contributed by atoms with Crippen molar-refractivity contribution in [1.82, 2.24) is 4.57 Å². The van der Waals surface area contributed by atoms with E-state index in [1.54, 1.807) is 29.8 Å². The molecule has 0 aromatic carbocycles. The minimum absolute atomic E-state index is 0.0319. The number of ketones is 1. The van der Waals surface area contributed by atoms with Crippen LogP contribution in [0.3, 0.4) is 0 Å². The van der Waals surface area contributed by atoms with E-state index in [1.165, 1.54) is 0 Å². The molecule has 4 nitrogen and oxygen atoms in total. The SMILES string of the molecule is CCOC(=O)CC1Cn2cccc2C(=O)C1(Cl)Cl. The van der Waals surface area contributed by atoms with E-state index in [4.69, 9.17) is 27.9 Å². The second kappa shape index (κ2) is 4.94. The zero-order valence-corrected chi connectivity index (χ0v) is 11.4. The second-order valence-electron chi connectivity index (χ2n) is 4.20. The molecule has 0 N–H and O–H groups in total. The summed E-state index contributed by atoms with van der Waals surface area (Å²) in [6, 6.07) is 3.42. The van der Waals surface area contributed by atoms with Gasteiger partial charge in [0.05, 0.1) is 18.7 Å². The molecular weight excluding hydrogens is 277 g/mol. The Labute approximate surface area is 115 Å². The molecule has 0 radical (unpaired) electrons. The van der Waals surface area contributed by atoms with Crippen molar-refractivity contribution in [2.24, 2.45) is 5.92 Å². The molecular formula is C12H13Cl2NO3. The average molecular weight is 290 g/mol. The minimum Gasteiger partial charge on any atom is -0.466 e.